The molecule has 8 heteroatoms. The number of carbonyl (C=O) groups is 2. The number of hydrogen-bond acceptors (Lipinski definition) is 4. The topological polar surface area (TPSA) is 83.1 Å². The predicted molar refractivity (Wildman–Crippen MR) is 116 cm³/mol. The van der Waals surface area contributed by atoms with Gasteiger partial charge in [0.15, 0.2) is 0 Å². The molecule has 0 fully saturated rings. The number of carbonyl (C=O) groups excluding carboxylic acids is 1. The summed E-state index contributed by atoms with van der Waals surface area (Å²) in [6.07, 6.45) is 1.59. The molecule has 0 aliphatic carbocycles. The summed E-state index contributed by atoms with van der Waals surface area (Å²) in [7, 11) is 0. The summed E-state index contributed by atoms with van der Waals surface area (Å²) in [5, 5.41) is 15.4. The third kappa shape index (κ3) is 3.63. The van der Waals surface area contributed by atoms with Gasteiger partial charge in [0.05, 0.1) is 32.6 Å². The first-order valence-electron chi connectivity index (χ1n) is 8.84. The van der Waals surface area contributed by atoms with Crippen LogP contribution in [0.25, 0.3) is 17.4 Å². The van der Waals surface area contributed by atoms with E-state index in [1.54, 1.807) is 55.5 Å². The zero-order valence-corrected chi connectivity index (χ0v) is 17.1. The van der Waals surface area contributed by atoms with Gasteiger partial charge in [0.25, 0.3) is 5.91 Å². The average molecular weight is 441 g/mol. The number of nitrogens with zero attached hydrogens (tertiary/aromatic N) is 2. The third-order valence-corrected chi connectivity index (χ3v) is 5.35. The highest BCUT2D eigenvalue weighted by molar-refractivity contribution is 6.43. The molecule has 0 radical (unpaired) electrons. The smallest absolute Gasteiger partial charge is 0.335 e. The van der Waals surface area contributed by atoms with E-state index < -0.39 is 5.97 Å². The molecule has 30 heavy (non-hydrogen) atoms. The van der Waals surface area contributed by atoms with Crippen LogP contribution in [0, 0.1) is 0 Å². The first-order chi connectivity index (χ1) is 14.3. The summed E-state index contributed by atoms with van der Waals surface area (Å²) in [5.41, 5.74) is 1.91. The molecule has 2 heterocycles. The van der Waals surface area contributed by atoms with Crippen LogP contribution >= 0.6 is 23.2 Å². The number of furan rings is 1. The summed E-state index contributed by atoms with van der Waals surface area (Å²) in [5.74, 6) is -0.503. The maximum atomic E-state index is 12.9. The van der Waals surface area contributed by atoms with E-state index in [1.165, 1.54) is 17.1 Å². The van der Waals surface area contributed by atoms with Crippen LogP contribution in [-0.2, 0) is 4.79 Å². The highest BCUT2D eigenvalue weighted by atomic mass is 35.5. The van der Waals surface area contributed by atoms with Gasteiger partial charge < -0.3 is 9.52 Å². The first kappa shape index (κ1) is 19.9. The van der Waals surface area contributed by atoms with Gasteiger partial charge in [-0.15, -0.1) is 0 Å². The molecule has 1 aliphatic heterocycles. The van der Waals surface area contributed by atoms with Crippen LogP contribution in [0.15, 0.2) is 69.7 Å². The maximum absolute atomic E-state index is 12.9. The molecule has 4 rings (SSSR count). The molecule has 1 amide bonds. The molecular formula is C22H14Cl2N2O4. The van der Waals surface area contributed by atoms with Crippen molar-refractivity contribution < 1.29 is 19.1 Å². The molecule has 0 unspecified atom stereocenters. The van der Waals surface area contributed by atoms with Gasteiger partial charge in [0.2, 0.25) is 0 Å². The molecule has 6 nitrogen and oxygen atoms in total. The van der Waals surface area contributed by atoms with Crippen molar-refractivity contribution in [2.75, 3.05) is 5.01 Å². The standard InChI is InChI=1S/C22H14Cl2N2O4/c1-12-17(21(27)26(25-12)14-5-2-4-13(10-14)22(28)29)11-15-8-9-19(30-15)16-6-3-7-18(23)20(16)24/h2-11H,1H3,(H,28,29)/b17-11+. The van der Waals surface area contributed by atoms with Crippen LogP contribution in [-0.4, -0.2) is 22.7 Å². The van der Waals surface area contributed by atoms with Gasteiger partial charge in [-0.1, -0.05) is 35.3 Å². The number of hydrogen-bond donors (Lipinski definition) is 1. The Labute approximate surface area is 181 Å². The fraction of sp³-hybridized carbons (Fsp3) is 0.0455. The Morgan fingerprint density at radius 3 is 2.67 bits per heavy atom. The Hall–Kier alpha value is -3.35. The molecule has 2 aromatic carbocycles. The number of benzene rings is 2. The lowest BCUT2D eigenvalue weighted by atomic mass is 10.1. The van der Waals surface area contributed by atoms with Crippen LogP contribution in [0.1, 0.15) is 23.0 Å². The normalized spacial score (nSPS) is 15.0. The summed E-state index contributed by atoms with van der Waals surface area (Å²) < 4.78 is 5.83. The minimum atomic E-state index is -1.08. The highest BCUT2D eigenvalue weighted by Gasteiger charge is 2.29. The highest BCUT2D eigenvalue weighted by Crippen LogP contribution is 2.35. The van der Waals surface area contributed by atoms with Crippen LogP contribution < -0.4 is 5.01 Å². The number of anilines is 1. The van der Waals surface area contributed by atoms with E-state index in [-0.39, 0.29) is 11.5 Å². The number of amides is 1. The summed E-state index contributed by atoms with van der Waals surface area (Å²) in [6.45, 7) is 1.70. The van der Waals surface area contributed by atoms with Crippen molar-refractivity contribution in [2.24, 2.45) is 5.10 Å². The number of carboxylic acids is 1. The Kier molecular flexibility index (Phi) is 5.20. The Morgan fingerprint density at radius 2 is 1.90 bits per heavy atom. The minimum absolute atomic E-state index is 0.0691. The quantitative estimate of drug-likeness (QED) is 0.522. The molecule has 0 atom stereocenters. The van der Waals surface area contributed by atoms with Crippen molar-refractivity contribution in [1.29, 1.82) is 0 Å². The van der Waals surface area contributed by atoms with E-state index >= 15 is 0 Å². The molecule has 1 aliphatic rings. The fourth-order valence-electron chi connectivity index (χ4n) is 3.04. The fourth-order valence-corrected chi connectivity index (χ4v) is 3.44. The van der Waals surface area contributed by atoms with Crippen molar-refractivity contribution in [2.45, 2.75) is 6.92 Å². The van der Waals surface area contributed by atoms with Gasteiger partial charge in [0.1, 0.15) is 11.5 Å². The van der Waals surface area contributed by atoms with E-state index in [2.05, 4.69) is 5.10 Å². The van der Waals surface area contributed by atoms with E-state index in [0.29, 0.717) is 44.1 Å². The molecule has 0 spiro atoms. The van der Waals surface area contributed by atoms with Gasteiger partial charge in [0, 0.05) is 5.56 Å². The number of halogens is 2. The lowest BCUT2D eigenvalue weighted by Crippen LogP contribution is -2.21. The Morgan fingerprint density at radius 1 is 1.13 bits per heavy atom. The third-order valence-electron chi connectivity index (χ3n) is 4.53. The number of aromatic carboxylic acids is 1. The van der Waals surface area contributed by atoms with Gasteiger partial charge in [-0.3, -0.25) is 4.79 Å². The zero-order chi connectivity index (χ0) is 21.4. The van der Waals surface area contributed by atoms with Gasteiger partial charge in [-0.2, -0.15) is 10.1 Å². The maximum Gasteiger partial charge on any atom is 0.335 e. The van der Waals surface area contributed by atoms with Crippen molar-refractivity contribution >= 4 is 52.6 Å². The van der Waals surface area contributed by atoms with E-state index in [1.807, 2.05) is 0 Å². The Bertz CT molecular complexity index is 1240. The van der Waals surface area contributed by atoms with Crippen LogP contribution in [0.3, 0.4) is 0 Å². The molecule has 0 saturated heterocycles. The van der Waals surface area contributed by atoms with E-state index in [9.17, 15) is 9.59 Å². The van der Waals surface area contributed by atoms with Crippen molar-refractivity contribution in [3.8, 4) is 11.3 Å². The second kappa shape index (κ2) is 7.82. The van der Waals surface area contributed by atoms with Crippen LogP contribution in [0.2, 0.25) is 10.0 Å². The molecule has 1 N–H and O–H groups in total. The average Bonchev–Trinajstić information content (AvgIpc) is 3.30. The number of hydrazone groups is 1. The largest absolute Gasteiger partial charge is 0.478 e. The predicted octanol–water partition coefficient (Wildman–Crippen LogP) is 5.76. The summed E-state index contributed by atoms with van der Waals surface area (Å²) in [6, 6.07) is 14.7. The molecule has 0 bridgehead atoms. The zero-order valence-electron chi connectivity index (χ0n) is 15.6. The lowest BCUT2D eigenvalue weighted by Gasteiger charge is -2.12. The number of rotatable bonds is 4. The van der Waals surface area contributed by atoms with Crippen molar-refractivity contribution in [1.82, 2.24) is 0 Å². The summed E-state index contributed by atoms with van der Waals surface area (Å²) in [4.78, 5) is 24.1. The van der Waals surface area contributed by atoms with Gasteiger partial charge in [-0.25, -0.2) is 4.79 Å². The number of carboxylic acid groups (broad SMARTS) is 1. The SMILES string of the molecule is CC1=NN(c2cccc(C(=O)O)c2)C(=O)/C1=C/c1ccc(-c2cccc(Cl)c2Cl)o1. The first-order valence-corrected chi connectivity index (χ1v) is 9.60. The Balaban J connectivity index is 1.64. The van der Waals surface area contributed by atoms with Gasteiger partial charge in [-0.05, 0) is 55.5 Å². The molecule has 3 aromatic rings. The molecule has 0 saturated carbocycles. The van der Waals surface area contributed by atoms with Crippen LogP contribution in [0.5, 0.6) is 0 Å². The second-order valence-corrected chi connectivity index (χ2v) is 7.30. The van der Waals surface area contributed by atoms with E-state index in [4.69, 9.17) is 32.7 Å². The summed E-state index contributed by atoms with van der Waals surface area (Å²) >= 11 is 12.3. The van der Waals surface area contributed by atoms with Crippen LogP contribution in [0.4, 0.5) is 5.69 Å². The minimum Gasteiger partial charge on any atom is -0.478 e. The molecule has 1 aromatic heterocycles. The van der Waals surface area contributed by atoms with E-state index in [0.717, 1.165) is 0 Å². The lowest BCUT2D eigenvalue weighted by molar-refractivity contribution is -0.114. The van der Waals surface area contributed by atoms with Crippen molar-refractivity contribution in [3.05, 3.63) is 81.5 Å². The monoisotopic (exact) mass is 440 g/mol. The molecule has 150 valence electrons. The van der Waals surface area contributed by atoms with Gasteiger partial charge >= 0.3 is 5.97 Å². The van der Waals surface area contributed by atoms with Crippen molar-refractivity contribution in [3.63, 3.8) is 0 Å². The second-order valence-electron chi connectivity index (χ2n) is 6.52. The molecular weight excluding hydrogens is 427 g/mol.